The monoisotopic (exact) mass is 339 g/mol. The molecule has 1 aromatic rings. The van der Waals surface area contributed by atoms with E-state index < -0.39 is 6.10 Å². The van der Waals surface area contributed by atoms with Crippen molar-refractivity contribution in [1.29, 1.82) is 0 Å². The molecule has 0 aromatic heterocycles. The van der Waals surface area contributed by atoms with Crippen LogP contribution in [0.4, 0.5) is 0 Å². The number of nitrogens with one attached hydrogen (secondary N) is 2. The maximum atomic E-state index is 12.1. The van der Waals surface area contributed by atoms with E-state index >= 15 is 0 Å². The second kappa shape index (κ2) is 9.11. The summed E-state index contributed by atoms with van der Waals surface area (Å²) in [6, 6.07) is 5.54. The highest BCUT2D eigenvalue weighted by molar-refractivity contribution is 6.32. The van der Waals surface area contributed by atoms with Crippen LogP contribution in [0.1, 0.15) is 18.9 Å². The third-order valence-electron chi connectivity index (χ3n) is 3.92. The standard InChI is InChI=1S/C17H26ClN3O2/c1-13-4-5-15(18)16(12-13)23-14(2)17(22)20-6-3-9-21-10-7-19-8-11-21/h4-5,12,14,19H,3,6-11H2,1-2H3,(H,20,22). The average Bonchev–Trinajstić information content (AvgIpc) is 2.55. The summed E-state index contributed by atoms with van der Waals surface area (Å²) in [6.45, 7) is 9.65. The third-order valence-corrected chi connectivity index (χ3v) is 4.23. The Morgan fingerprint density at radius 3 is 2.91 bits per heavy atom. The minimum atomic E-state index is -0.562. The highest BCUT2D eigenvalue weighted by Gasteiger charge is 2.16. The van der Waals surface area contributed by atoms with Crippen LogP contribution in [0.3, 0.4) is 0 Å². The average molecular weight is 340 g/mol. The zero-order valence-electron chi connectivity index (χ0n) is 13.9. The van der Waals surface area contributed by atoms with Crippen LogP contribution < -0.4 is 15.4 Å². The quantitative estimate of drug-likeness (QED) is 0.744. The van der Waals surface area contributed by atoms with Gasteiger partial charge in [0.15, 0.2) is 6.10 Å². The summed E-state index contributed by atoms with van der Waals surface area (Å²) in [4.78, 5) is 14.5. The summed E-state index contributed by atoms with van der Waals surface area (Å²) < 4.78 is 5.67. The summed E-state index contributed by atoms with van der Waals surface area (Å²) in [5.41, 5.74) is 1.05. The van der Waals surface area contributed by atoms with Gasteiger partial charge in [0.05, 0.1) is 5.02 Å². The molecule has 1 amide bonds. The molecule has 0 radical (unpaired) electrons. The molecule has 1 unspecified atom stereocenters. The molecular weight excluding hydrogens is 314 g/mol. The Hall–Kier alpha value is -1.30. The lowest BCUT2D eigenvalue weighted by atomic mass is 10.2. The second-order valence-corrected chi connectivity index (χ2v) is 6.34. The van der Waals surface area contributed by atoms with Crippen LogP contribution in [0.15, 0.2) is 18.2 Å². The normalized spacial score (nSPS) is 16.8. The maximum Gasteiger partial charge on any atom is 0.260 e. The van der Waals surface area contributed by atoms with E-state index in [1.165, 1.54) is 0 Å². The molecule has 128 valence electrons. The lowest BCUT2D eigenvalue weighted by Crippen LogP contribution is -2.44. The summed E-state index contributed by atoms with van der Waals surface area (Å²) in [6.07, 6.45) is 0.386. The van der Waals surface area contributed by atoms with Crippen molar-refractivity contribution in [3.8, 4) is 5.75 Å². The molecule has 0 bridgehead atoms. The molecule has 1 saturated heterocycles. The first-order valence-corrected chi connectivity index (χ1v) is 8.57. The number of carbonyl (C=O) groups is 1. The number of benzene rings is 1. The Labute approximate surface area is 143 Å². The van der Waals surface area contributed by atoms with E-state index in [9.17, 15) is 4.79 Å². The van der Waals surface area contributed by atoms with Gasteiger partial charge in [0.25, 0.3) is 5.91 Å². The molecule has 1 aliphatic rings. The number of nitrogens with zero attached hydrogens (tertiary/aromatic N) is 1. The number of hydrogen-bond acceptors (Lipinski definition) is 4. The van der Waals surface area contributed by atoms with Gasteiger partial charge in [-0.3, -0.25) is 4.79 Å². The number of rotatable bonds is 7. The number of aryl methyl sites for hydroxylation is 1. The first kappa shape index (κ1) is 18.0. The number of halogens is 1. The van der Waals surface area contributed by atoms with Crippen LogP contribution in [0, 0.1) is 6.92 Å². The number of carbonyl (C=O) groups excluding carboxylic acids is 1. The third kappa shape index (κ3) is 6.01. The maximum absolute atomic E-state index is 12.1. The SMILES string of the molecule is Cc1ccc(Cl)c(OC(C)C(=O)NCCCN2CCNCC2)c1. The fraction of sp³-hybridized carbons (Fsp3) is 0.588. The first-order valence-electron chi connectivity index (χ1n) is 8.20. The fourth-order valence-electron chi connectivity index (χ4n) is 2.54. The van der Waals surface area contributed by atoms with E-state index in [-0.39, 0.29) is 5.91 Å². The van der Waals surface area contributed by atoms with Crippen molar-refractivity contribution in [2.75, 3.05) is 39.3 Å². The van der Waals surface area contributed by atoms with Gasteiger partial charge in [-0.2, -0.15) is 0 Å². The molecule has 1 fully saturated rings. The van der Waals surface area contributed by atoms with E-state index in [1.807, 2.05) is 19.1 Å². The number of hydrogen-bond donors (Lipinski definition) is 2. The smallest absolute Gasteiger partial charge is 0.260 e. The molecule has 5 nitrogen and oxygen atoms in total. The van der Waals surface area contributed by atoms with Crippen molar-refractivity contribution in [3.63, 3.8) is 0 Å². The summed E-state index contributed by atoms with van der Waals surface area (Å²) in [5.74, 6) is 0.443. The molecule has 2 N–H and O–H groups in total. The number of piperazine rings is 1. The molecule has 1 aromatic carbocycles. The largest absolute Gasteiger partial charge is 0.479 e. The molecular formula is C17H26ClN3O2. The predicted octanol–water partition coefficient (Wildman–Crippen LogP) is 1.83. The molecule has 1 heterocycles. The molecule has 0 saturated carbocycles. The zero-order chi connectivity index (χ0) is 16.7. The van der Waals surface area contributed by atoms with Gasteiger partial charge in [0, 0.05) is 32.7 Å². The topological polar surface area (TPSA) is 53.6 Å². The highest BCUT2D eigenvalue weighted by atomic mass is 35.5. The molecule has 23 heavy (non-hydrogen) atoms. The van der Waals surface area contributed by atoms with Crippen LogP contribution in [0.25, 0.3) is 0 Å². The Bertz CT molecular complexity index is 519. The fourth-order valence-corrected chi connectivity index (χ4v) is 2.70. The van der Waals surface area contributed by atoms with Crippen molar-refractivity contribution < 1.29 is 9.53 Å². The minimum Gasteiger partial charge on any atom is -0.479 e. The summed E-state index contributed by atoms with van der Waals surface area (Å²) in [5, 5.41) is 6.78. The Morgan fingerprint density at radius 1 is 1.43 bits per heavy atom. The summed E-state index contributed by atoms with van der Waals surface area (Å²) in [7, 11) is 0. The number of amides is 1. The minimum absolute atomic E-state index is 0.108. The van der Waals surface area contributed by atoms with Gasteiger partial charge in [-0.05, 0) is 44.5 Å². The molecule has 2 rings (SSSR count). The van der Waals surface area contributed by atoms with Gasteiger partial charge in [0.2, 0.25) is 0 Å². The van der Waals surface area contributed by atoms with Gasteiger partial charge < -0.3 is 20.3 Å². The summed E-state index contributed by atoms with van der Waals surface area (Å²) >= 11 is 6.09. The predicted molar refractivity (Wildman–Crippen MR) is 93.2 cm³/mol. The van der Waals surface area contributed by atoms with Gasteiger partial charge >= 0.3 is 0 Å². The molecule has 0 spiro atoms. The molecule has 0 aliphatic carbocycles. The van der Waals surface area contributed by atoms with Crippen molar-refractivity contribution in [3.05, 3.63) is 28.8 Å². The van der Waals surface area contributed by atoms with Crippen LogP contribution in [-0.2, 0) is 4.79 Å². The van der Waals surface area contributed by atoms with Crippen LogP contribution >= 0.6 is 11.6 Å². The first-order chi connectivity index (χ1) is 11.1. The van der Waals surface area contributed by atoms with Crippen molar-refractivity contribution in [1.82, 2.24) is 15.5 Å². The molecule has 6 heteroatoms. The van der Waals surface area contributed by atoms with Crippen LogP contribution in [-0.4, -0.2) is 56.2 Å². The van der Waals surface area contributed by atoms with Crippen LogP contribution in [0.2, 0.25) is 5.02 Å². The molecule has 1 atom stereocenters. The number of ether oxygens (including phenoxy) is 1. The van der Waals surface area contributed by atoms with Crippen molar-refractivity contribution in [2.24, 2.45) is 0 Å². The second-order valence-electron chi connectivity index (χ2n) is 5.93. The highest BCUT2D eigenvalue weighted by Crippen LogP contribution is 2.26. The van der Waals surface area contributed by atoms with E-state index in [0.717, 1.165) is 44.7 Å². The van der Waals surface area contributed by atoms with Crippen molar-refractivity contribution in [2.45, 2.75) is 26.4 Å². The lowest BCUT2D eigenvalue weighted by molar-refractivity contribution is -0.127. The Kier molecular flexibility index (Phi) is 7.15. The van der Waals surface area contributed by atoms with Gasteiger partial charge in [0.1, 0.15) is 5.75 Å². The van der Waals surface area contributed by atoms with Gasteiger partial charge in [-0.25, -0.2) is 0 Å². The zero-order valence-corrected chi connectivity index (χ0v) is 14.7. The van der Waals surface area contributed by atoms with Gasteiger partial charge in [-0.15, -0.1) is 0 Å². The van der Waals surface area contributed by atoms with E-state index in [4.69, 9.17) is 16.3 Å². The lowest BCUT2D eigenvalue weighted by Gasteiger charge is -2.27. The van der Waals surface area contributed by atoms with E-state index in [0.29, 0.717) is 17.3 Å². The van der Waals surface area contributed by atoms with Gasteiger partial charge in [-0.1, -0.05) is 17.7 Å². The Balaban J connectivity index is 1.69. The van der Waals surface area contributed by atoms with E-state index in [2.05, 4.69) is 15.5 Å². The van der Waals surface area contributed by atoms with Crippen molar-refractivity contribution >= 4 is 17.5 Å². The van der Waals surface area contributed by atoms with Crippen LogP contribution in [0.5, 0.6) is 5.75 Å². The Morgan fingerprint density at radius 2 is 2.17 bits per heavy atom. The van der Waals surface area contributed by atoms with E-state index in [1.54, 1.807) is 13.0 Å². The molecule has 1 aliphatic heterocycles.